The topological polar surface area (TPSA) is 69.9 Å². The van der Waals surface area contributed by atoms with E-state index in [2.05, 4.69) is 15.6 Å². The third-order valence-electron chi connectivity index (χ3n) is 4.37. The molecule has 3 rings (SSSR count). The van der Waals surface area contributed by atoms with E-state index in [0.717, 1.165) is 43.7 Å². The van der Waals surface area contributed by atoms with Gasteiger partial charge in [-0.15, -0.1) is 0 Å². The summed E-state index contributed by atoms with van der Waals surface area (Å²) in [5, 5.41) is 6.45. The van der Waals surface area contributed by atoms with Crippen LogP contribution in [0.1, 0.15) is 24.2 Å². The number of carbonyl (C=O) groups excluding carboxylic acids is 1. The Labute approximate surface area is 154 Å². The Morgan fingerprint density at radius 2 is 1.88 bits per heavy atom. The Morgan fingerprint density at radius 3 is 2.62 bits per heavy atom. The third kappa shape index (κ3) is 5.65. The van der Waals surface area contributed by atoms with Gasteiger partial charge in [0.05, 0.1) is 19.4 Å². The Morgan fingerprint density at radius 1 is 1.08 bits per heavy atom. The van der Waals surface area contributed by atoms with Crippen molar-refractivity contribution in [2.75, 3.05) is 26.2 Å². The van der Waals surface area contributed by atoms with Gasteiger partial charge in [-0.1, -0.05) is 30.3 Å². The number of hydrogen-bond acceptors (Lipinski definition) is 3. The molecule has 1 saturated heterocycles. The zero-order chi connectivity index (χ0) is 18.0. The lowest BCUT2D eigenvalue weighted by Crippen LogP contribution is -2.44. The number of carbonyl (C=O) groups is 1. The second-order valence-corrected chi connectivity index (χ2v) is 6.35. The van der Waals surface area contributed by atoms with Gasteiger partial charge >= 0.3 is 0 Å². The van der Waals surface area contributed by atoms with Crippen LogP contribution < -0.4 is 10.6 Å². The van der Waals surface area contributed by atoms with E-state index in [1.54, 1.807) is 6.26 Å². The molecule has 2 heterocycles. The highest BCUT2D eigenvalue weighted by molar-refractivity contribution is 5.86. The molecule has 6 nitrogen and oxygen atoms in total. The summed E-state index contributed by atoms with van der Waals surface area (Å²) in [6.45, 7) is 3.24. The number of furan rings is 1. The molecule has 0 aliphatic carbocycles. The van der Waals surface area contributed by atoms with Gasteiger partial charge in [-0.05, 0) is 30.5 Å². The highest BCUT2D eigenvalue weighted by atomic mass is 16.3. The van der Waals surface area contributed by atoms with Crippen molar-refractivity contribution < 1.29 is 9.21 Å². The molecule has 0 spiro atoms. The lowest BCUT2D eigenvalue weighted by Gasteiger charge is -2.17. The molecule has 2 aromatic rings. The van der Waals surface area contributed by atoms with E-state index in [4.69, 9.17) is 4.42 Å². The predicted octanol–water partition coefficient (Wildman–Crippen LogP) is 2.18. The van der Waals surface area contributed by atoms with Gasteiger partial charge in [0.2, 0.25) is 5.91 Å². The summed E-state index contributed by atoms with van der Waals surface area (Å²) >= 11 is 0. The standard InChI is InChI=1S/C20H26N4O2/c25-19(24-12-4-5-13-24)16-23-20(21-11-10-18-9-6-14-26-18)22-15-17-7-2-1-3-8-17/h1-3,6-9,14H,4-5,10-13,15-16H2,(H2,21,22,23). The van der Waals surface area contributed by atoms with Crippen molar-refractivity contribution in [3.8, 4) is 0 Å². The minimum Gasteiger partial charge on any atom is -0.469 e. The van der Waals surface area contributed by atoms with Crippen LogP contribution in [0.3, 0.4) is 0 Å². The first-order valence-electron chi connectivity index (χ1n) is 9.17. The van der Waals surface area contributed by atoms with Crippen LogP contribution in [0.5, 0.6) is 0 Å². The number of guanidine groups is 1. The number of hydrogen-bond donors (Lipinski definition) is 2. The molecule has 138 valence electrons. The van der Waals surface area contributed by atoms with Crippen molar-refractivity contribution in [3.63, 3.8) is 0 Å². The molecule has 0 atom stereocenters. The van der Waals surface area contributed by atoms with Crippen molar-refractivity contribution in [1.29, 1.82) is 0 Å². The molecular formula is C20H26N4O2. The summed E-state index contributed by atoms with van der Waals surface area (Å²) in [6, 6.07) is 13.9. The van der Waals surface area contributed by atoms with Crippen LogP contribution in [0.25, 0.3) is 0 Å². The number of amides is 1. The van der Waals surface area contributed by atoms with Crippen LogP contribution in [0.15, 0.2) is 58.1 Å². The van der Waals surface area contributed by atoms with Crippen molar-refractivity contribution in [2.24, 2.45) is 4.99 Å². The quantitative estimate of drug-likeness (QED) is 0.591. The molecule has 2 N–H and O–H groups in total. The summed E-state index contributed by atoms with van der Waals surface area (Å²) < 4.78 is 5.35. The van der Waals surface area contributed by atoms with Gasteiger partial charge in [-0.2, -0.15) is 0 Å². The minimum absolute atomic E-state index is 0.128. The number of nitrogens with one attached hydrogen (secondary N) is 2. The molecule has 1 aromatic carbocycles. The maximum Gasteiger partial charge on any atom is 0.241 e. The number of likely N-dealkylation sites (tertiary alicyclic amines) is 1. The summed E-state index contributed by atoms with van der Waals surface area (Å²) in [4.78, 5) is 18.8. The first-order valence-corrected chi connectivity index (χ1v) is 9.17. The third-order valence-corrected chi connectivity index (χ3v) is 4.37. The van der Waals surface area contributed by atoms with Gasteiger partial charge in [-0.25, -0.2) is 4.99 Å². The SMILES string of the molecule is O=C(CNC(=NCc1ccccc1)NCCc1ccco1)N1CCCC1. The van der Waals surface area contributed by atoms with Crippen molar-refractivity contribution in [1.82, 2.24) is 15.5 Å². The fourth-order valence-electron chi connectivity index (χ4n) is 2.92. The molecule has 0 saturated carbocycles. The van der Waals surface area contributed by atoms with E-state index in [1.807, 2.05) is 47.4 Å². The average Bonchev–Trinajstić information content (AvgIpc) is 3.38. The largest absolute Gasteiger partial charge is 0.469 e. The molecule has 26 heavy (non-hydrogen) atoms. The minimum atomic E-state index is 0.128. The Kier molecular flexibility index (Phi) is 6.70. The lowest BCUT2D eigenvalue weighted by molar-refractivity contribution is -0.128. The average molecular weight is 354 g/mol. The molecule has 1 amide bonds. The maximum atomic E-state index is 12.3. The van der Waals surface area contributed by atoms with Gasteiger partial charge in [0.15, 0.2) is 5.96 Å². The fourth-order valence-corrected chi connectivity index (χ4v) is 2.92. The number of rotatable bonds is 7. The second-order valence-electron chi connectivity index (χ2n) is 6.35. The smallest absolute Gasteiger partial charge is 0.241 e. The van der Waals surface area contributed by atoms with Crippen molar-refractivity contribution in [3.05, 3.63) is 60.1 Å². The Hall–Kier alpha value is -2.76. The van der Waals surface area contributed by atoms with E-state index in [0.29, 0.717) is 19.0 Å². The molecule has 0 bridgehead atoms. The zero-order valence-electron chi connectivity index (χ0n) is 15.0. The second kappa shape index (κ2) is 9.65. The molecule has 6 heteroatoms. The van der Waals surface area contributed by atoms with E-state index in [-0.39, 0.29) is 12.5 Å². The highest BCUT2D eigenvalue weighted by Gasteiger charge is 2.17. The Balaban J connectivity index is 1.53. The van der Waals surface area contributed by atoms with E-state index in [9.17, 15) is 4.79 Å². The van der Waals surface area contributed by atoms with Crippen LogP contribution >= 0.6 is 0 Å². The van der Waals surface area contributed by atoms with Crippen molar-refractivity contribution >= 4 is 11.9 Å². The fraction of sp³-hybridized carbons (Fsp3) is 0.400. The summed E-state index contributed by atoms with van der Waals surface area (Å²) in [5.41, 5.74) is 1.13. The molecule has 0 unspecified atom stereocenters. The number of benzene rings is 1. The van der Waals surface area contributed by atoms with Gasteiger partial charge < -0.3 is 20.0 Å². The first kappa shape index (κ1) is 18.0. The zero-order valence-corrected chi connectivity index (χ0v) is 15.0. The van der Waals surface area contributed by atoms with E-state index < -0.39 is 0 Å². The van der Waals surface area contributed by atoms with Gasteiger partial charge in [0.1, 0.15) is 5.76 Å². The maximum absolute atomic E-state index is 12.3. The van der Waals surface area contributed by atoms with Crippen LogP contribution in [0.4, 0.5) is 0 Å². The van der Waals surface area contributed by atoms with Crippen LogP contribution in [0, 0.1) is 0 Å². The summed E-state index contributed by atoms with van der Waals surface area (Å²) in [5.74, 6) is 1.70. The molecule has 1 aliphatic heterocycles. The molecular weight excluding hydrogens is 328 g/mol. The van der Waals surface area contributed by atoms with Gasteiger partial charge in [0, 0.05) is 26.1 Å². The normalized spacial score (nSPS) is 14.5. The Bertz CT molecular complexity index is 692. The monoisotopic (exact) mass is 354 g/mol. The molecule has 1 fully saturated rings. The number of aliphatic imine (C=N–C) groups is 1. The van der Waals surface area contributed by atoms with Crippen LogP contribution in [0.2, 0.25) is 0 Å². The number of nitrogens with zero attached hydrogens (tertiary/aromatic N) is 2. The van der Waals surface area contributed by atoms with Crippen LogP contribution in [-0.2, 0) is 17.8 Å². The molecule has 0 radical (unpaired) electrons. The van der Waals surface area contributed by atoms with Crippen molar-refractivity contribution in [2.45, 2.75) is 25.8 Å². The summed E-state index contributed by atoms with van der Waals surface area (Å²) in [6.07, 6.45) is 4.63. The first-order chi connectivity index (χ1) is 12.8. The van der Waals surface area contributed by atoms with E-state index >= 15 is 0 Å². The predicted molar refractivity (Wildman–Crippen MR) is 102 cm³/mol. The highest BCUT2D eigenvalue weighted by Crippen LogP contribution is 2.06. The van der Waals surface area contributed by atoms with Gasteiger partial charge in [-0.3, -0.25) is 4.79 Å². The van der Waals surface area contributed by atoms with Gasteiger partial charge in [0.25, 0.3) is 0 Å². The molecule has 1 aromatic heterocycles. The molecule has 1 aliphatic rings. The van der Waals surface area contributed by atoms with Crippen LogP contribution in [-0.4, -0.2) is 42.9 Å². The lowest BCUT2D eigenvalue weighted by atomic mass is 10.2. The summed E-state index contributed by atoms with van der Waals surface area (Å²) in [7, 11) is 0. The van der Waals surface area contributed by atoms with E-state index in [1.165, 1.54) is 0 Å².